The molecule has 6 nitrogen and oxygen atoms in total. The summed E-state index contributed by atoms with van der Waals surface area (Å²) in [6, 6.07) is 9.43. The van der Waals surface area contributed by atoms with E-state index in [9.17, 15) is 9.59 Å². The van der Waals surface area contributed by atoms with Crippen molar-refractivity contribution in [2.24, 2.45) is 0 Å². The minimum atomic E-state index is 0.00882. The Morgan fingerprint density at radius 2 is 2.00 bits per heavy atom. The summed E-state index contributed by atoms with van der Waals surface area (Å²) in [5, 5.41) is 6.80. The summed E-state index contributed by atoms with van der Waals surface area (Å²) in [6.45, 7) is 4.54. The van der Waals surface area contributed by atoms with Crippen LogP contribution < -0.4 is 10.1 Å². The van der Waals surface area contributed by atoms with Crippen LogP contribution in [-0.2, 0) is 11.2 Å². The van der Waals surface area contributed by atoms with Gasteiger partial charge in [-0.25, -0.2) is 0 Å². The second-order valence-corrected chi connectivity index (χ2v) is 7.30. The summed E-state index contributed by atoms with van der Waals surface area (Å²) >= 11 is 1.54. The number of nitrogens with one attached hydrogen (secondary N) is 1. The van der Waals surface area contributed by atoms with E-state index in [0.717, 1.165) is 49.6 Å². The molecule has 2 aromatic rings. The molecule has 0 spiro atoms. The van der Waals surface area contributed by atoms with Crippen LogP contribution in [0.5, 0.6) is 5.75 Å². The number of hydrogen-bond acceptors (Lipinski definition) is 5. The zero-order chi connectivity index (χ0) is 19.1. The van der Waals surface area contributed by atoms with Crippen LogP contribution in [0.25, 0.3) is 0 Å². The number of amides is 2. The topological polar surface area (TPSA) is 61.9 Å². The summed E-state index contributed by atoms with van der Waals surface area (Å²) < 4.78 is 5.18. The molecule has 1 aliphatic heterocycles. The first-order valence-corrected chi connectivity index (χ1v) is 10.0. The van der Waals surface area contributed by atoms with Crippen LogP contribution in [0.1, 0.15) is 15.9 Å². The number of carbonyl (C=O) groups is 2. The molecule has 1 saturated heterocycles. The van der Waals surface area contributed by atoms with Gasteiger partial charge >= 0.3 is 0 Å². The molecule has 3 rings (SSSR count). The molecule has 2 heterocycles. The molecule has 0 aliphatic carbocycles. The second kappa shape index (κ2) is 9.53. The van der Waals surface area contributed by atoms with E-state index in [2.05, 4.69) is 10.2 Å². The maximum Gasteiger partial charge on any atom is 0.254 e. The summed E-state index contributed by atoms with van der Waals surface area (Å²) in [7, 11) is 1.62. The Morgan fingerprint density at radius 3 is 2.70 bits per heavy atom. The molecule has 1 aliphatic rings. The fourth-order valence-corrected chi connectivity index (χ4v) is 3.76. The Labute approximate surface area is 163 Å². The highest BCUT2D eigenvalue weighted by molar-refractivity contribution is 7.08. The van der Waals surface area contributed by atoms with E-state index in [1.165, 1.54) is 0 Å². The molecule has 27 heavy (non-hydrogen) atoms. The van der Waals surface area contributed by atoms with Crippen LogP contribution in [0, 0.1) is 0 Å². The van der Waals surface area contributed by atoms with Crippen molar-refractivity contribution in [1.29, 1.82) is 0 Å². The fraction of sp³-hybridized carbons (Fsp3) is 0.400. The molecule has 144 valence electrons. The van der Waals surface area contributed by atoms with Crippen molar-refractivity contribution in [2.75, 3.05) is 46.4 Å². The van der Waals surface area contributed by atoms with Gasteiger partial charge in [0.15, 0.2) is 0 Å². The first kappa shape index (κ1) is 19.4. The Morgan fingerprint density at radius 1 is 1.19 bits per heavy atom. The van der Waals surface area contributed by atoms with E-state index in [1.54, 1.807) is 18.4 Å². The number of hydrogen-bond donors (Lipinski definition) is 1. The number of rotatable bonds is 7. The lowest BCUT2D eigenvalue weighted by atomic mass is 10.1. The van der Waals surface area contributed by atoms with Crippen molar-refractivity contribution in [3.8, 4) is 5.75 Å². The number of benzene rings is 1. The van der Waals surface area contributed by atoms with Gasteiger partial charge in [0.05, 0.1) is 19.1 Å². The number of thiophene rings is 1. The fourth-order valence-electron chi connectivity index (χ4n) is 3.13. The molecule has 1 aromatic carbocycles. The van der Waals surface area contributed by atoms with Gasteiger partial charge in [-0.1, -0.05) is 12.1 Å². The summed E-state index contributed by atoms with van der Waals surface area (Å²) in [4.78, 5) is 28.6. The van der Waals surface area contributed by atoms with Crippen molar-refractivity contribution < 1.29 is 14.3 Å². The Kier molecular flexibility index (Phi) is 6.84. The number of piperazine rings is 1. The quantitative estimate of drug-likeness (QED) is 0.788. The molecular weight excluding hydrogens is 362 g/mol. The van der Waals surface area contributed by atoms with Gasteiger partial charge in [0.1, 0.15) is 5.75 Å². The maximum absolute atomic E-state index is 12.3. The summed E-state index contributed by atoms with van der Waals surface area (Å²) in [6.07, 6.45) is 0.347. The highest BCUT2D eigenvalue weighted by Gasteiger charge is 2.22. The standard InChI is InChI=1S/C20H25N3O3S/c1-26-18-4-2-3-16(13-18)14-19(24)21-6-7-22-8-10-23(11-9-22)20(25)17-5-12-27-15-17/h2-5,12-13,15H,6-11,14H2,1H3,(H,21,24). The second-order valence-electron chi connectivity index (χ2n) is 6.52. The van der Waals surface area contributed by atoms with E-state index in [4.69, 9.17) is 4.74 Å². The molecule has 0 unspecified atom stereocenters. The molecule has 0 atom stereocenters. The summed E-state index contributed by atoms with van der Waals surface area (Å²) in [5.41, 5.74) is 1.71. The predicted octanol–water partition coefficient (Wildman–Crippen LogP) is 1.87. The van der Waals surface area contributed by atoms with Gasteiger partial charge in [-0.3, -0.25) is 14.5 Å². The smallest absolute Gasteiger partial charge is 0.254 e. The molecule has 0 radical (unpaired) electrons. The predicted molar refractivity (Wildman–Crippen MR) is 106 cm³/mol. The SMILES string of the molecule is COc1cccc(CC(=O)NCCN2CCN(C(=O)c3ccsc3)CC2)c1. The highest BCUT2D eigenvalue weighted by Crippen LogP contribution is 2.13. The lowest BCUT2D eigenvalue weighted by Gasteiger charge is -2.34. The van der Waals surface area contributed by atoms with Gasteiger partial charge in [-0.2, -0.15) is 11.3 Å². The van der Waals surface area contributed by atoms with Crippen molar-refractivity contribution >= 4 is 23.2 Å². The molecule has 0 bridgehead atoms. The van der Waals surface area contributed by atoms with Crippen molar-refractivity contribution in [1.82, 2.24) is 15.1 Å². The van der Waals surface area contributed by atoms with E-state index >= 15 is 0 Å². The van der Waals surface area contributed by atoms with Gasteiger partial charge in [-0.05, 0) is 29.1 Å². The highest BCUT2D eigenvalue weighted by atomic mass is 32.1. The largest absolute Gasteiger partial charge is 0.497 e. The average Bonchev–Trinajstić information content (AvgIpc) is 3.23. The molecule has 1 fully saturated rings. The van der Waals surface area contributed by atoms with Gasteiger partial charge < -0.3 is 15.0 Å². The van der Waals surface area contributed by atoms with Crippen LogP contribution >= 0.6 is 11.3 Å². The van der Waals surface area contributed by atoms with Crippen LogP contribution in [0.15, 0.2) is 41.1 Å². The van der Waals surface area contributed by atoms with E-state index in [1.807, 2.05) is 46.0 Å². The van der Waals surface area contributed by atoms with E-state index in [0.29, 0.717) is 13.0 Å². The average molecular weight is 388 g/mol. The molecule has 2 amide bonds. The molecule has 7 heteroatoms. The Bertz CT molecular complexity index is 756. The minimum absolute atomic E-state index is 0.00882. The monoisotopic (exact) mass is 387 g/mol. The van der Waals surface area contributed by atoms with E-state index in [-0.39, 0.29) is 11.8 Å². The lowest BCUT2D eigenvalue weighted by Crippen LogP contribution is -2.50. The zero-order valence-electron chi connectivity index (χ0n) is 15.5. The third-order valence-electron chi connectivity index (χ3n) is 4.68. The normalized spacial score (nSPS) is 14.8. The van der Waals surface area contributed by atoms with E-state index < -0.39 is 0 Å². The number of ether oxygens (including phenoxy) is 1. The number of carbonyl (C=O) groups excluding carboxylic acids is 2. The van der Waals surface area contributed by atoms with Crippen molar-refractivity contribution in [3.05, 3.63) is 52.2 Å². The molecule has 0 saturated carbocycles. The lowest BCUT2D eigenvalue weighted by molar-refractivity contribution is -0.120. The van der Waals surface area contributed by atoms with Gasteiger partial charge in [0.25, 0.3) is 5.91 Å². The van der Waals surface area contributed by atoms with Crippen LogP contribution in [0.2, 0.25) is 0 Å². The Hall–Kier alpha value is -2.38. The van der Waals surface area contributed by atoms with Crippen molar-refractivity contribution in [3.63, 3.8) is 0 Å². The van der Waals surface area contributed by atoms with Crippen molar-refractivity contribution in [2.45, 2.75) is 6.42 Å². The zero-order valence-corrected chi connectivity index (χ0v) is 16.3. The first-order chi connectivity index (χ1) is 13.2. The first-order valence-electron chi connectivity index (χ1n) is 9.09. The summed E-state index contributed by atoms with van der Waals surface area (Å²) in [5.74, 6) is 0.882. The minimum Gasteiger partial charge on any atom is -0.497 e. The van der Waals surface area contributed by atoms with Gasteiger partial charge in [-0.15, -0.1) is 0 Å². The Balaban J connectivity index is 1.35. The third kappa shape index (κ3) is 5.55. The van der Waals surface area contributed by atoms with Crippen LogP contribution in [0.4, 0.5) is 0 Å². The van der Waals surface area contributed by atoms with Crippen LogP contribution in [-0.4, -0.2) is 68.0 Å². The van der Waals surface area contributed by atoms with Gasteiger partial charge in [0, 0.05) is 44.6 Å². The number of nitrogens with zero attached hydrogens (tertiary/aromatic N) is 2. The van der Waals surface area contributed by atoms with Crippen LogP contribution in [0.3, 0.4) is 0 Å². The number of methoxy groups -OCH3 is 1. The third-order valence-corrected chi connectivity index (χ3v) is 5.36. The maximum atomic E-state index is 12.3. The van der Waals surface area contributed by atoms with Gasteiger partial charge in [0.2, 0.25) is 5.91 Å². The molecule has 1 N–H and O–H groups in total. The molecule has 1 aromatic heterocycles. The molecular formula is C20H25N3O3S.